The summed E-state index contributed by atoms with van der Waals surface area (Å²) >= 11 is 0. The molecule has 0 aliphatic heterocycles. The van der Waals surface area contributed by atoms with Crippen LogP contribution in [0, 0.1) is 23.2 Å². The Balaban J connectivity index is -0.0000000979. The van der Waals surface area contributed by atoms with Crippen LogP contribution < -0.4 is 0 Å². The van der Waals surface area contributed by atoms with Gasteiger partial charge in [-0.05, 0) is 29.6 Å². The SMILES string of the molecule is C.C.C.C.CC.CCC.CCCC(CCC)C(CC(C)(C)C)C(CCC)CCC. The van der Waals surface area contributed by atoms with Gasteiger partial charge in [0.15, 0.2) is 0 Å². The zero-order valence-corrected chi connectivity index (χ0v) is 20.3. The van der Waals surface area contributed by atoms with Crippen molar-refractivity contribution in [3.63, 3.8) is 0 Å². The summed E-state index contributed by atoms with van der Waals surface area (Å²) in [6, 6.07) is 0. The van der Waals surface area contributed by atoms with Crippen molar-refractivity contribution in [2.45, 2.75) is 170 Å². The summed E-state index contributed by atoms with van der Waals surface area (Å²) in [4.78, 5) is 0. The predicted octanol–water partition coefficient (Wildman–Crippen LogP) is 12.5. The van der Waals surface area contributed by atoms with Crippen LogP contribution in [-0.4, -0.2) is 0 Å². The Morgan fingerprint density at radius 2 is 0.724 bits per heavy atom. The summed E-state index contributed by atoms with van der Waals surface area (Å²) in [5.41, 5.74) is 0.476. The van der Waals surface area contributed by atoms with Crippen LogP contribution in [0.4, 0.5) is 0 Å². The van der Waals surface area contributed by atoms with Crippen molar-refractivity contribution in [3.05, 3.63) is 0 Å². The number of rotatable bonds is 11. The lowest BCUT2D eigenvalue weighted by Crippen LogP contribution is -2.28. The minimum Gasteiger partial charge on any atom is -0.0776 e. The van der Waals surface area contributed by atoms with E-state index in [4.69, 9.17) is 0 Å². The van der Waals surface area contributed by atoms with Crippen molar-refractivity contribution >= 4 is 0 Å². The van der Waals surface area contributed by atoms with Gasteiger partial charge in [0, 0.05) is 0 Å². The molecule has 0 aliphatic carbocycles. The topological polar surface area (TPSA) is 0 Å². The molecule has 0 unspecified atom stereocenters. The number of hydrogen-bond donors (Lipinski definition) is 0. The summed E-state index contributed by atoms with van der Waals surface area (Å²) in [6.45, 7) is 25.0. The largest absolute Gasteiger partial charge is 0.0776 e. The predicted molar refractivity (Wildman–Crippen MR) is 148 cm³/mol. The zero-order valence-electron chi connectivity index (χ0n) is 20.3. The molecule has 0 heteroatoms. The Hall–Kier alpha value is 0. The minimum absolute atomic E-state index is 0. The van der Waals surface area contributed by atoms with Gasteiger partial charge < -0.3 is 0 Å². The zero-order chi connectivity index (χ0) is 20.3. The van der Waals surface area contributed by atoms with E-state index in [1.54, 1.807) is 0 Å². The Labute approximate surface area is 193 Å². The lowest BCUT2D eigenvalue weighted by Gasteiger charge is -2.38. The van der Waals surface area contributed by atoms with E-state index in [9.17, 15) is 0 Å². The van der Waals surface area contributed by atoms with Crippen molar-refractivity contribution in [1.29, 1.82) is 0 Å². The van der Waals surface area contributed by atoms with Crippen LogP contribution in [0.15, 0.2) is 0 Å². The van der Waals surface area contributed by atoms with E-state index in [1.807, 2.05) is 13.8 Å². The molecular weight excluding hydrogens is 348 g/mol. The van der Waals surface area contributed by atoms with Gasteiger partial charge in [-0.1, -0.05) is 164 Å². The first-order valence-corrected chi connectivity index (χ1v) is 11.8. The van der Waals surface area contributed by atoms with Crippen LogP contribution in [0.5, 0.6) is 0 Å². The van der Waals surface area contributed by atoms with Crippen LogP contribution in [0.1, 0.15) is 170 Å². The third-order valence-corrected chi connectivity index (χ3v) is 4.70. The first-order valence-electron chi connectivity index (χ1n) is 11.8. The van der Waals surface area contributed by atoms with Crippen molar-refractivity contribution in [2.75, 3.05) is 0 Å². The van der Waals surface area contributed by atoms with Gasteiger partial charge in [-0.3, -0.25) is 0 Å². The van der Waals surface area contributed by atoms with E-state index in [0.29, 0.717) is 5.41 Å². The molecule has 188 valence electrons. The average molecular weight is 421 g/mol. The Kier molecular flexibility index (Phi) is 52.9. The Morgan fingerprint density at radius 1 is 0.517 bits per heavy atom. The van der Waals surface area contributed by atoms with Crippen molar-refractivity contribution < 1.29 is 0 Å². The van der Waals surface area contributed by atoms with Gasteiger partial charge in [0.1, 0.15) is 0 Å². The monoisotopic (exact) mass is 421 g/mol. The molecule has 0 amide bonds. The van der Waals surface area contributed by atoms with Gasteiger partial charge in [0.2, 0.25) is 0 Å². The second-order valence-electron chi connectivity index (χ2n) is 8.81. The van der Waals surface area contributed by atoms with Crippen LogP contribution >= 0.6 is 0 Å². The van der Waals surface area contributed by atoms with Crippen LogP contribution in [0.25, 0.3) is 0 Å². The minimum atomic E-state index is 0. The highest BCUT2D eigenvalue weighted by Crippen LogP contribution is 2.41. The first kappa shape index (κ1) is 47.0. The molecule has 0 spiro atoms. The molecule has 0 heterocycles. The van der Waals surface area contributed by atoms with Gasteiger partial charge >= 0.3 is 0 Å². The molecule has 0 bridgehead atoms. The van der Waals surface area contributed by atoms with Gasteiger partial charge in [0.05, 0.1) is 0 Å². The molecule has 0 aromatic heterocycles. The highest BCUT2D eigenvalue weighted by atomic mass is 14.4. The summed E-state index contributed by atoms with van der Waals surface area (Å²) in [7, 11) is 0. The van der Waals surface area contributed by atoms with E-state index in [2.05, 4.69) is 62.3 Å². The van der Waals surface area contributed by atoms with Crippen LogP contribution in [0.3, 0.4) is 0 Å². The highest BCUT2D eigenvalue weighted by molar-refractivity contribution is 4.81. The molecule has 0 atom stereocenters. The maximum Gasteiger partial charge on any atom is -0.0352 e. The molecule has 0 fully saturated rings. The van der Waals surface area contributed by atoms with Gasteiger partial charge in [-0.2, -0.15) is 0 Å². The van der Waals surface area contributed by atoms with E-state index in [1.165, 1.54) is 64.2 Å². The molecule has 0 aromatic carbocycles. The smallest absolute Gasteiger partial charge is 0.0352 e. The normalized spacial score (nSPS) is 9.72. The first-order chi connectivity index (χ1) is 11.8. The second-order valence-corrected chi connectivity index (χ2v) is 8.81. The van der Waals surface area contributed by atoms with Gasteiger partial charge in [0.25, 0.3) is 0 Å². The van der Waals surface area contributed by atoms with Gasteiger partial charge in [-0.25, -0.2) is 0 Å². The molecule has 0 aromatic rings. The quantitative estimate of drug-likeness (QED) is 0.311. The molecule has 0 rings (SSSR count). The molecule has 0 saturated carbocycles. The maximum absolute atomic E-state index is 2.43. The van der Waals surface area contributed by atoms with E-state index < -0.39 is 0 Å². The third-order valence-electron chi connectivity index (χ3n) is 4.70. The Morgan fingerprint density at radius 3 is 0.862 bits per heavy atom. The van der Waals surface area contributed by atoms with Crippen LogP contribution in [0.2, 0.25) is 0 Å². The number of hydrogen-bond acceptors (Lipinski definition) is 0. The fourth-order valence-corrected chi connectivity index (χ4v) is 4.05. The molecule has 0 nitrogen and oxygen atoms in total. The van der Waals surface area contributed by atoms with Gasteiger partial charge in [-0.15, -0.1) is 0 Å². The Bertz CT molecular complexity index is 195. The molecular formula is C29H72. The standard InChI is InChI=1S/C20H42.C3H8.C2H6.4CH4/c1-8-12-17(13-9-2)19(16-20(5,6)7)18(14-10-3)15-11-4;1-3-2;1-2;;;;/h17-19H,8-16H2,1-7H3;3H2,1-2H3;1-2H3;4*1H4. The molecule has 0 radical (unpaired) electrons. The summed E-state index contributed by atoms with van der Waals surface area (Å²) in [5.74, 6) is 2.88. The lowest BCUT2D eigenvalue weighted by molar-refractivity contribution is 0.124. The molecule has 0 saturated heterocycles. The maximum atomic E-state index is 2.43. The fraction of sp³-hybridized carbons (Fsp3) is 1.00. The molecule has 0 aliphatic rings. The summed E-state index contributed by atoms with van der Waals surface area (Å²) in [6.07, 6.45) is 13.9. The fourth-order valence-electron chi connectivity index (χ4n) is 4.05. The highest BCUT2D eigenvalue weighted by Gasteiger charge is 2.31. The molecule has 0 N–H and O–H groups in total. The lowest BCUT2D eigenvalue weighted by atomic mass is 9.67. The van der Waals surface area contributed by atoms with Crippen molar-refractivity contribution in [1.82, 2.24) is 0 Å². The van der Waals surface area contributed by atoms with E-state index >= 15 is 0 Å². The summed E-state index contributed by atoms with van der Waals surface area (Å²) < 4.78 is 0. The van der Waals surface area contributed by atoms with E-state index in [-0.39, 0.29) is 29.7 Å². The molecule has 29 heavy (non-hydrogen) atoms. The third kappa shape index (κ3) is 30.3. The average Bonchev–Trinajstić information content (AvgIpc) is 2.54. The summed E-state index contributed by atoms with van der Waals surface area (Å²) in [5, 5.41) is 0. The second kappa shape index (κ2) is 32.7. The van der Waals surface area contributed by atoms with Crippen molar-refractivity contribution in [3.8, 4) is 0 Å². The van der Waals surface area contributed by atoms with E-state index in [0.717, 1.165) is 17.8 Å². The van der Waals surface area contributed by atoms with Crippen LogP contribution in [-0.2, 0) is 0 Å². The van der Waals surface area contributed by atoms with Crippen molar-refractivity contribution in [2.24, 2.45) is 23.2 Å².